The van der Waals surface area contributed by atoms with Crippen molar-refractivity contribution in [3.63, 3.8) is 0 Å². The summed E-state index contributed by atoms with van der Waals surface area (Å²) in [4.78, 5) is 4.60. The summed E-state index contributed by atoms with van der Waals surface area (Å²) in [5.74, 6) is 0. The van der Waals surface area contributed by atoms with Gasteiger partial charge >= 0.3 is 0 Å². The minimum absolute atomic E-state index is 0.324. The molecule has 0 saturated heterocycles. The van der Waals surface area contributed by atoms with Gasteiger partial charge in [-0.2, -0.15) is 0 Å². The van der Waals surface area contributed by atoms with E-state index in [0.29, 0.717) is 6.04 Å². The Morgan fingerprint density at radius 3 is 2.67 bits per heavy atom. The van der Waals surface area contributed by atoms with E-state index in [0.717, 1.165) is 18.7 Å². The van der Waals surface area contributed by atoms with Gasteiger partial charge in [-0.1, -0.05) is 43.3 Å². The number of likely N-dealkylation sites (N-methyl/N-ethyl adjacent to an activating group) is 1. The molecule has 0 spiro atoms. The molecule has 2 nitrogen and oxygen atoms in total. The molecule has 21 heavy (non-hydrogen) atoms. The van der Waals surface area contributed by atoms with Crippen LogP contribution in [-0.4, -0.2) is 11.5 Å². The molecule has 0 amide bonds. The zero-order chi connectivity index (χ0) is 14.7. The van der Waals surface area contributed by atoms with Crippen molar-refractivity contribution >= 4 is 22.1 Å². The standard InChI is InChI=1S/C18H20N2S/c1-3-19-17(11-18-20-13(2)12-21-18)16-9-8-14-6-4-5-7-15(14)10-16/h4-10,12,17,19H,3,11H2,1-2H3. The number of aromatic nitrogens is 1. The monoisotopic (exact) mass is 296 g/mol. The third-order valence-electron chi connectivity index (χ3n) is 3.67. The van der Waals surface area contributed by atoms with Crippen molar-refractivity contribution in [2.24, 2.45) is 0 Å². The lowest BCUT2D eigenvalue weighted by Crippen LogP contribution is -2.22. The minimum atomic E-state index is 0.324. The Hall–Kier alpha value is -1.71. The molecule has 1 N–H and O–H groups in total. The van der Waals surface area contributed by atoms with Crippen molar-refractivity contribution in [2.45, 2.75) is 26.3 Å². The number of hydrogen-bond acceptors (Lipinski definition) is 3. The fourth-order valence-corrected chi connectivity index (χ4v) is 3.47. The summed E-state index contributed by atoms with van der Waals surface area (Å²) in [5, 5.41) is 9.50. The first-order valence-corrected chi connectivity index (χ1v) is 8.27. The van der Waals surface area contributed by atoms with Crippen molar-refractivity contribution in [3.8, 4) is 0 Å². The van der Waals surface area contributed by atoms with Gasteiger partial charge in [0.2, 0.25) is 0 Å². The van der Waals surface area contributed by atoms with E-state index < -0.39 is 0 Å². The maximum Gasteiger partial charge on any atom is 0.0947 e. The smallest absolute Gasteiger partial charge is 0.0947 e. The minimum Gasteiger partial charge on any atom is -0.310 e. The van der Waals surface area contributed by atoms with Gasteiger partial charge < -0.3 is 5.32 Å². The SMILES string of the molecule is CCNC(Cc1nc(C)cs1)c1ccc2ccccc2c1. The van der Waals surface area contributed by atoms with Crippen molar-refractivity contribution in [3.05, 3.63) is 64.1 Å². The lowest BCUT2D eigenvalue weighted by Gasteiger charge is -2.18. The van der Waals surface area contributed by atoms with Crippen molar-refractivity contribution in [2.75, 3.05) is 6.54 Å². The first-order valence-electron chi connectivity index (χ1n) is 7.39. The van der Waals surface area contributed by atoms with Gasteiger partial charge in [0.05, 0.1) is 5.01 Å². The van der Waals surface area contributed by atoms with Gasteiger partial charge in [-0.05, 0) is 35.9 Å². The highest BCUT2D eigenvalue weighted by molar-refractivity contribution is 7.09. The van der Waals surface area contributed by atoms with Gasteiger partial charge in [0, 0.05) is 23.5 Å². The Balaban J connectivity index is 1.90. The molecular weight excluding hydrogens is 276 g/mol. The van der Waals surface area contributed by atoms with E-state index >= 15 is 0 Å². The maximum absolute atomic E-state index is 4.60. The molecule has 0 aliphatic carbocycles. The molecule has 0 fully saturated rings. The molecular formula is C18H20N2S. The normalized spacial score (nSPS) is 12.7. The van der Waals surface area contributed by atoms with Crippen LogP contribution >= 0.6 is 11.3 Å². The second-order valence-corrected chi connectivity index (χ2v) is 6.25. The van der Waals surface area contributed by atoms with Crippen LogP contribution in [0.1, 0.15) is 29.2 Å². The third kappa shape index (κ3) is 3.31. The Labute approximate surface area is 129 Å². The fourth-order valence-electron chi connectivity index (χ4n) is 2.65. The lowest BCUT2D eigenvalue weighted by atomic mass is 10.00. The average molecular weight is 296 g/mol. The van der Waals surface area contributed by atoms with E-state index in [2.05, 4.69) is 72.0 Å². The number of aryl methyl sites for hydroxylation is 1. The molecule has 0 aliphatic rings. The van der Waals surface area contributed by atoms with Gasteiger partial charge in [-0.3, -0.25) is 0 Å². The number of nitrogens with zero attached hydrogens (tertiary/aromatic N) is 1. The van der Waals surface area contributed by atoms with Gasteiger partial charge in [-0.15, -0.1) is 11.3 Å². The van der Waals surface area contributed by atoms with E-state index in [9.17, 15) is 0 Å². The molecule has 1 unspecified atom stereocenters. The van der Waals surface area contributed by atoms with Gasteiger partial charge in [0.1, 0.15) is 0 Å². The molecule has 1 atom stereocenters. The summed E-state index contributed by atoms with van der Waals surface area (Å²) in [6, 6.07) is 15.6. The van der Waals surface area contributed by atoms with Crippen molar-refractivity contribution in [1.82, 2.24) is 10.3 Å². The number of thiazole rings is 1. The molecule has 1 aromatic heterocycles. The number of hydrogen-bond donors (Lipinski definition) is 1. The summed E-state index contributed by atoms with van der Waals surface area (Å²) < 4.78 is 0. The molecule has 0 bridgehead atoms. The Morgan fingerprint density at radius 1 is 1.14 bits per heavy atom. The first-order chi connectivity index (χ1) is 10.3. The Kier molecular flexibility index (Phi) is 4.32. The number of nitrogens with one attached hydrogen (secondary N) is 1. The molecule has 108 valence electrons. The third-order valence-corrected chi connectivity index (χ3v) is 4.66. The van der Waals surface area contributed by atoms with E-state index in [1.54, 1.807) is 11.3 Å². The maximum atomic E-state index is 4.60. The molecule has 3 heteroatoms. The zero-order valence-electron chi connectivity index (χ0n) is 12.5. The number of fused-ring (bicyclic) bond motifs is 1. The number of benzene rings is 2. The van der Waals surface area contributed by atoms with Crippen LogP contribution < -0.4 is 5.32 Å². The summed E-state index contributed by atoms with van der Waals surface area (Å²) in [6.07, 6.45) is 0.949. The van der Waals surface area contributed by atoms with Crippen LogP contribution in [0.2, 0.25) is 0 Å². The van der Waals surface area contributed by atoms with Crippen LogP contribution in [-0.2, 0) is 6.42 Å². The second kappa shape index (κ2) is 6.37. The van der Waals surface area contributed by atoms with Crippen LogP contribution in [0.4, 0.5) is 0 Å². The topological polar surface area (TPSA) is 24.9 Å². The van der Waals surface area contributed by atoms with Gasteiger partial charge in [0.15, 0.2) is 0 Å². The molecule has 1 heterocycles. The van der Waals surface area contributed by atoms with Crippen molar-refractivity contribution < 1.29 is 0 Å². The van der Waals surface area contributed by atoms with E-state index in [4.69, 9.17) is 0 Å². The van der Waals surface area contributed by atoms with Gasteiger partial charge in [-0.25, -0.2) is 4.98 Å². The second-order valence-electron chi connectivity index (χ2n) is 5.30. The summed E-state index contributed by atoms with van der Waals surface area (Å²) in [7, 11) is 0. The summed E-state index contributed by atoms with van der Waals surface area (Å²) in [5.41, 5.74) is 2.45. The average Bonchev–Trinajstić information content (AvgIpc) is 2.91. The molecule has 3 rings (SSSR count). The van der Waals surface area contributed by atoms with E-state index in [-0.39, 0.29) is 0 Å². The highest BCUT2D eigenvalue weighted by Gasteiger charge is 2.13. The quantitative estimate of drug-likeness (QED) is 0.750. The fraction of sp³-hybridized carbons (Fsp3) is 0.278. The Morgan fingerprint density at radius 2 is 1.95 bits per heavy atom. The van der Waals surface area contributed by atoms with E-state index in [1.807, 2.05) is 0 Å². The molecule has 0 aliphatic heterocycles. The largest absolute Gasteiger partial charge is 0.310 e. The van der Waals surface area contributed by atoms with Crippen LogP contribution in [0, 0.1) is 6.92 Å². The predicted octanol–water partition coefficient (Wildman–Crippen LogP) is 4.50. The van der Waals surface area contributed by atoms with Crippen LogP contribution in [0.3, 0.4) is 0 Å². The van der Waals surface area contributed by atoms with Crippen molar-refractivity contribution in [1.29, 1.82) is 0 Å². The summed E-state index contributed by atoms with van der Waals surface area (Å²) in [6.45, 7) is 5.17. The highest BCUT2D eigenvalue weighted by atomic mass is 32.1. The molecule has 2 aromatic carbocycles. The van der Waals surface area contributed by atoms with Crippen LogP contribution in [0.5, 0.6) is 0 Å². The molecule has 0 saturated carbocycles. The summed E-state index contributed by atoms with van der Waals surface area (Å²) >= 11 is 1.75. The first kappa shape index (κ1) is 14.2. The van der Waals surface area contributed by atoms with E-state index in [1.165, 1.54) is 21.3 Å². The number of rotatable bonds is 5. The molecule has 3 aromatic rings. The lowest BCUT2D eigenvalue weighted by molar-refractivity contribution is 0.549. The van der Waals surface area contributed by atoms with Crippen LogP contribution in [0.25, 0.3) is 10.8 Å². The molecule has 0 radical (unpaired) electrons. The van der Waals surface area contributed by atoms with Gasteiger partial charge in [0.25, 0.3) is 0 Å². The Bertz CT molecular complexity index is 733. The predicted molar refractivity (Wildman–Crippen MR) is 90.9 cm³/mol. The zero-order valence-corrected chi connectivity index (χ0v) is 13.3. The highest BCUT2D eigenvalue weighted by Crippen LogP contribution is 2.24. The van der Waals surface area contributed by atoms with Crippen LogP contribution in [0.15, 0.2) is 47.8 Å².